The van der Waals surface area contributed by atoms with Gasteiger partial charge in [-0.25, -0.2) is 4.39 Å². The predicted octanol–water partition coefficient (Wildman–Crippen LogP) is 0.699. The zero-order valence-electron chi connectivity index (χ0n) is 19.8. The van der Waals surface area contributed by atoms with E-state index in [4.69, 9.17) is 5.73 Å². The molecule has 0 bridgehead atoms. The SMILES string of the molecule is Cc1ccc(CNCC(=O)N2CCC(C(N)=O)(N(C(=O)CC(S)NC=O)C(C)C)CC2)cc1F. The number of nitrogens with two attached hydrogens (primary N) is 1. The maximum atomic E-state index is 13.7. The summed E-state index contributed by atoms with van der Waals surface area (Å²) in [7, 11) is 0. The van der Waals surface area contributed by atoms with Crippen molar-refractivity contribution in [2.75, 3.05) is 19.6 Å². The highest BCUT2D eigenvalue weighted by Crippen LogP contribution is 2.32. The molecule has 0 saturated carbocycles. The van der Waals surface area contributed by atoms with E-state index < -0.39 is 16.8 Å². The van der Waals surface area contributed by atoms with Crippen LogP contribution in [0.4, 0.5) is 4.39 Å². The quantitative estimate of drug-likeness (QED) is 0.204. The van der Waals surface area contributed by atoms with Crippen LogP contribution in [0.2, 0.25) is 0 Å². The van der Waals surface area contributed by atoms with E-state index in [0.717, 1.165) is 5.56 Å². The molecule has 1 aliphatic heterocycles. The van der Waals surface area contributed by atoms with Crippen molar-refractivity contribution in [3.05, 3.63) is 35.1 Å². The Morgan fingerprint density at radius 2 is 1.94 bits per heavy atom. The average molecular weight is 496 g/mol. The van der Waals surface area contributed by atoms with Gasteiger partial charge in [-0.05, 0) is 50.8 Å². The minimum absolute atomic E-state index is 0.0601. The van der Waals surface area contributed by atoms with Gasteiger partial charge in [0.2, 0.25) is 24.1 Å². The Kier molecular flexibility index (Phi) is 9.87. The summed E-state index contributed by atoms with van der Waals surface area (Å²) in [5.74, 6) is -1.42. The molecule has 0 spiro atoms. The van der Waals surface area contributed by atoms with Gasteiger partial charge >= 0.3 is 0 Å². The highest BCUT2D eigenvalue weighted by Gasteiger charge is 2.48. The number of hydrogen-bond donors (Lipinski definition) is 4. The lowest BCUT2D eigenvalue weighted by Gasteiger charge is -2.48. The van der Waals surface area contributed by atoms with Crippen LogP contribution in [-0.4, -0.2) is 70.5 Å². The van der Waals surface area contributed by atoms with Crippen LogP contribution >= 0.6 is 12.6 Å². The lowest BCUT2D eigenvalue weighted by atomic mass is 9.83. The number of likely N-dealkylation sites (tertiary alicyclic amines) is 1. The van der Waals surface area contributed by atoms with E-state index in [2.05, 4.69) is 23.3 Å². The predicted molar refractivity (Wildman–Crippen MR) is 129 cm³/mol. The van der Waals surface area contributed by atoms with Gasteiger partial charge in [-0.2, -0.15) is 12.6 Å². The van der Waals surface area contributed by atoms with E-state index in [-0.39, 0.29) is 62.6 Å². The maximum Gasteiger partial charge on any atom is 0.243 e. The van der Waals surface area contributed by atoms with Crippen molar-refractivity contribution in [2.24, 2.45) is 5.73 Å². The topological polar surface area (TPSA) is 125 Å². The Morgan fingerprint density at radius 1 is 1.29 bits per heavy atom. The highest BCUT2D eigenvalue weighted by atomic mass is 32.1. The number of amides is 4. The zero-order valence-corrected chi connectivity index (χ0v) is 20.7. The minimum atomic E-state index is -1.23. The number of rotatable bonds is 11. The van der Waals surface area contributed by atoms with E-state index in [1.807, 2.05) is 0 Å². The Balaban J connectivity index is 2.00. The van der Waals surface area contributed by atoms with E-state index in [1.165, 1.54) is 11.0 Å². The van der Waals surface area contributed by atoms with Crippen molar-refractivity contribution in [3.8, 4) is 0 Å². The third-order valence-corrected chi connectivity index (χ3v) is 6.45. The van der Waals surface area contributed by atoms with Gasteiger partial charge in [-0.3, -0.25) is 19.2 Å². The molecule has 1 aromatic rings. The number of nitrogens with one attached hydrogen (secondary N) is 2. The minimum Gasteiger partial charge on any atom is -0.368 e. The summed E-state index contributed by atoms with van der Waals surface area (Å²) in [5, 5.41) is 4.75. The monoisotopic (exact) mass is 495 g/mol. The second-order valence-electron chi connectivity index (χ2n) is 8.83. The third-order valence-electron chi connectivity index (χ3n) is 6.12. The van der Waals surface area contributed by atoms with Crippen LogP contribution in [0.25, 0.3) is 0 Å². The molecular formula is C23H34FN5O4S. The van der Waals surface area contributed by atoms with Crippen LogP contribution in [0.3, 0.4) is 0 Å². The number of primary amides is 1. The Labute approximate surface area is 205 Å². The number of aryl methyl sites for hydroxylation is 1. The first-order valence-corrected chi connectivity index (χ1v) is 11.8. The van der Waals surface area contributed by atoms with Crippen LogP contribution in [0.15, 0.2) is 18.2 Å². The number of benzene rings is 1. The fourth-order valence-corrected chi connectivity index (χ4v) is 4.54. The van der Waals surface area contributed by atoms with Crippen LogP contribution in [0.1, 0.15) is 44.2 Å². The molecule has 188 valence electrons. The number of hydrogen-bond acceptors (Lipinski definition) is 6. The zero-order chi connectivity index (χ0) is 25.5. The number of carbonyl (C=O) groups excluding carboxylic acids is 4. The van der Waals surface area contributed by atoms with Gasteiger partial charge in [-0.15, -0.1) is 0 Å². The first-order chi connectivity index (χ1) is 16.0. The molecule has 1 fully saturated rings. The molecular weight excluding hydrogens is 461 g/mol. The molecule has 0 radical (unpaired) electrons. The van der Waals surface area contributed by atoms with Crippen molar-refractivity contribution in [1.82, 2.24) is 20.4 Å². The Bertz CT molecular complexity index is 905. The summed E-state index contributed by atoms with van der Waals surface area (Å²) in [5.41, 5.74) is 5.85. The third kappa shape index (κ3) is 6.69. The van der Waals surface area contributed by atoms with Crippen molar-refractivity contribution in [2.45, 2.75) is 63.5 Å². The van der Waals surface area contributed by atoms with Gasteiger partial charge in [0.15, 0.2) is 0 Å². The maximum absolute atomic E-state index is 13.7. The molecule has 9 nitrogen and oxygen atoms in total. The smallest absolute Gasteiger partial charge is 0.243 e. The molecule has 34 heavy (non-hydrogen) atoms. The normalized spacial score (nSPS) is 16.1. The number of piperidine rings is 1. The largest absolute Gasteiger partial charge is 0.368 e. The van der Waals surface area contributed by atoms with E-state index in [9.17, 15) is 23.6 Å². The molecule has 11 heteroatoms. The second kappa shape index (κ2) is 12.2. The number of carbonyl (C=O) groups is 4. The number of thiol groups is 1. The highest BCUT2D eigenvalue weighted by molar-refractivity contribution is 7.80. The van der Waals surface area contributed by atoms with Gasteiger partial charge in [0.05, 0.1) is 18.3 Å². The van der Waals surface area contributed by atoms with Crippen molar-refractivity contribution >= 4 is 36.8 Å². The number of nitrogens with zero attached hydrogens (tertiary/aromatic N) is 2. The van der Waals surface area contributed by atoms with Gasteiger partial charge in [0.1, 0.15) is 11.4 Å². The Hall–Kier alpha value is -2.66. The molecule has 0 aliphatic carbocycles. The van der Waals surface area contributed by atoms with Crippen molar-refractivity contribution < 1.29 is 23.6 Å². The van der Waals surface area contributed by atoms with Gasteiger partial charge in [-0.1, -0.05) is 12.1 Å². The van der Waals surface area contributed by atoms with Crippen LogP contribution in [0, 0.1) is 12.7 Å². The second-order valence-corrected chi connectivity index (χ2v) is 9.45. The molecule has 1 aromatic carbocycles. The first kappa shape index (κ1) is 27.6. The van der Waals surface area contributed by atoms with Gasteiger partial charge < -0.3 is 26.2 Å². The lowest BCUT2D eigenvalue weighted by molar-refractivity contribution is -0.154. The summed E-state index contributed by atoms with van der Waals surface area (Å²) in [6, 6.07) is 4.60. The van der Waals surface area contributed by atoms with E-state index in [1.54, 1.807) is 37.8 Å². The standard InChI is InChI=1S/C23H34FN5O4S/c1-15(2)29(20(31)11-19(34)27-14-30)23(22(25)33)6-8-28(9-7-23)21(32)13-26-12-17-5-4-16(3)18(24)10-17/h4-5,10,14-15,19,26,34H,6-9,11-13H2,1-3H3,(H2,25,33)(H,27,30). The van der Waals surface area contributed by atoms with Crippen molar-refractivity contribution in [3.63, 3.8) is 0 Å². The molecule has 1 aliphatic rings. The average Bonchev–Trinajstić information content (AvgIpc) is 2.76. The summed E-state index contributed by atoms with van der Waals surface area (Å²) < 4.78 is 13.7. The molecule has 0 aromatic heterocycles. The van der Waals surface area contributed by atoms with E-state index >= 15 is 0 Å². The van der Waals surface area contributed by atoms with Crippen LogP contribution in [-0.2, 0) is 25.7 Å². The summed E-state index contributed by atoms with van der Waals surface area (Å²) >= 11 is 4.18. The molecule has 4 amide bonds. The van der Waals surface area contributed by atoms with Crippen molar-refractivity contribution in [1.29, 1.82) is 0 Å². The fraction of sp³-hybridized carbons (Fsp3) is 0.565. The molecule has 2 rings (SSSR count). The summed E-state index contributed by atoms with van der Waals surface area (Å²) in [6.45, 7) is 6.19. The van der Waals surface area contributed by atoms with Gasteiger partial charge in [0, 0.05) is 25.7 Å². The first-order valence-electron chi connectivity index (χ1n) is 11.2. The number of halogens is 1. The molecule has 1 heterocycles. The molecule has 4 N–H and O–H groups in total. The summed E-state index contributed by atoms with van der Waals surface area (Å²) in [6.07, 6.45) is 0.780. The lowest BCUT2D eigenvalue weighted by Crippen LogP contribution is -2.66. The van der Waals surface area contributed by atoms with E-state index in [0.29, 0.717) is 18.5 Å². The fourth-order valence-electron chi connectivity index (χ4n) is 4.33. The molecule has 1 atom stereocenters. The van der Waals surface area contributed by atoms with Crippen LogP contribution < -0.4 is 16.4 Å². The Morgan fingerprint density at radius 3 is 2.47 bits per heavy atom. The molecule has 1 saturated heterocycles. The summed E-state index contributed by atoms with van der Waals surface area (Å²) in [4.78, 5) is 52.0. The van der Waals surface area contributed by atoms with Gasteiger partial charge in [0.25, 0.3) is 0 Å². The molecule has 1 unspecified atom stereocenters. The van der Waals surface area contributed by atoms with Crippen LogP contribution in [0.5, 0.6) is 0 Å².